The van der Waals surface area contributed by atoms with Gasteiger partial charge in [-0.1, -0.05) is 72.3 Å². The first-order chi connectivity index (χ1) is 13.5. The van der Waals surface area contributed by atoms with Crippen molar-refractivity contribution in [1.82, 2.24) is 4.90 Å². The summed E-state index contributed by atoms with van der Waals surface area (Å²) in [6.07, 6.45) is 0. The molecular weight excluding hydrogens is 372 g/mol. The Morgan fingerprint density at radius 1 is 0.857 bits per heavy atom. The van der Waals surface area contributed by atoms with Gasteiger partial charge in [-0.15, -0.1) is 0 Å². The zero-order valence-corrected chi connectivity index (χ0v) is 16.2. The molecule has 5 heteroatoms. The maximum Gasteiger partial charge on any atom is 0.255 e. The van der Waals surface area contributed by atoms with Crippen LogP contribution < -0.4 is 5.73 Å². The molecule has 0 unspecified atom stereocenters. The lowest BCUT2D eigenvalue weighted by atomic mass is 9.98. The minimum Gasteiger partial charge on any atom is -0.368 e. The molecule has 28 heavy (non-hydrogen) atoms. The van der Waals surface area contributed by atoms with E-state index in [1.54, 1.807) is 48.5 Å². The van der Waals surface area contributed by atoms with Gasteiger partial charge in [-0.2, -0.15) is 0 Å². The third-order valence-electron chi connectivity index (χ3n) is 4.67. The van der Waals surface area contributed by atoms with Crippen LogP contribution in [0, 0.1) is 0 Å². The monoisotopic (exact) mass is 392 g/mol. The molecule has 3 rings (SSSR count). The molecule has 0 aliphatic carbocycles. The molecule has 2 amide bonds. The minimum absolute atomic E-state index is 0.277. The lowest BCUT2D eigenvalue weighted by molar-refractivity contribution is -0.123. The first-order valence-electron chi connectivity index (χ1n) is 8.96. The van der Waals surface area contributed by atoms with Crippen LogP contribution in [0.2, 0.25) is 5.02 Å². The highest BCUT2D eigenvalue weighted by molar-refractivity contribution is 6.30. The molecule has 0 aliphatic heterocycles. The van der Waals surface area contributed by atoms with E-state index in [1.807, 2.05) is 43.3 Å². The summed E-state index contributed by atoms with van der Waals surface area (Å²) in [6, 6.07) is 23.9. The number of hydrogen-bond acceptors (Lipinski definition) is 2. The van der Waals surface area contributed by atoms with Gasteiger partial charge in [0.15, 0.2) is 0 Å². The molecule has 0 aromatic heterocycles. The zero-order chi connectivity index (χ0) is 20.1. The van der Waals surface area contributed by atoms with E-state index in [0.717, 1.165) is 5.56 Å². The van der Waals surface area contributed by atoms with Crippen molar-refractivity contribution in [2.24, 2.45) is 5.73 Å². The molecule has 3 aromatic carbocycles. The molecule has 0 saturated heterocycles. The molecule has 0 spiro atoms. The van der Waals surface area contributed by atoms with Crippen molar-refractivity contribution in [3.8, 4) is 0 Å². The van der Waals surface area contributed by atoms with Crippen molar-refractivity contribution in [3.05, 3.63) is 107 Å². The molecule has 2 atom stereocenters. The average Bonchev–Trinajstić information content (AvgIpc) is 2.72. The van der Waals surface area contributed by atoms with Gasteiger partial charge in [0.2, 0.25) is 5.91 Å². The third-order valence-corrected chi connectivity index (χ3v) is 4.90. The van der Waals surface area contributed by atoms with Crippen LogP contribution in [-0.2, 0) is 4.79 Å². The van der Waals surface area contributed by atoms with Crippen molar-refractivity contribution in [2.45, 2.75) is 19.0 Å². The fourth-order valence-corrected chi connectivity index (χ4v) is 3.47. The summed E-state index contributed by atoms with van der Waals surface area (Å²) in [4.78, 5) is 27.5. The molecule has 0 radical (unpaired) electrons. The van der Waals surface area contributed by atoms with Crippen LogP contribution in [-0.4, -0.2) is 16.7 Å². The van der Waals surface area contributed by atoms with E-state index in [1.165, 1.54) is 4.90 Å². The fourth-order valence-electron chi connectivity index (χ4n) is 3.27. The Kier molecular flexibility index (Phi) is 6.12. The number of hydrogen-bond donors (Lipinski definition) is 1. The Morgan fingerprint density at radius 2 is 1.43 bits per heavy atom. The Bertz CT molecular complexity index is 961. The normalized spacial score (nSPS) is 12.8. The maximum absolute atomic E-state index is 13.4. The van der Waals surface area contributed by atoms with Crippen molar-refractivity contribution in [2.75, 3.05) is 0 Å². The van der Waals surface area contributed by atoms with Gasteiger partial charge in [0.1, 0.15) is 6.04 Å². The van der Waals surface area contributed by atoms with Crippen molar-refractivity contribution >= 4 is 23.4 Å². The van der Waals surface area contributed by atoms with E-state index in [0.29, 0.717) is 16.1 Å². The third kappa shape index (κ3) is 4.24. The molecule has 142 valence electrons. The summed E-state index contributed by atoms with van der Waals surface area (Å²) in [5.41, 5.74) is 7.74. The highest BCUT2D eigenvalue weighted by Gasteiger charge is 2.34. The second-order valence-electron chi connectivity index (χ2n) is 6.53. The zero-order valence-electron chi connectivity index (χ0n) is 15.5. The number of carbonyl (C=O) groups excluding carboxylic acids is 2. The van der Waals surface area contributed by atoms with Gasteiger partial charge in [0.05, 0.1) is 6.04 Å². The van der Waals surface area contributed by atoms with Gasteiger partial charge in [0.25, 0.3) is 5.91 Å². The summed E-state index contributed by atoms with van der Waals surface area (Å²) < 4.78 is 0. The quantitative estimate of drug-likeness (QED) is 0.656. The highest BCUT2D eigenvalue weighted by atomic mass is 35.5. The lowest BCUT2D eigenvalue weighted by Crippen LogP contribution is -2.43. The van der Waals surface area contributed by atoms with Crippen LogP contribution in [0.25, 0.3) is 0 Å². The van der Waals surface area contributed by atoms with E-state index in [-0.39, 0.29) is 5.91 Å². The second kappa shape index (κ2) is 8.72. The van der Waals surface area contributed by atoms with Gasteiger partial charge in [0, 0.05) is 10.6 Å². The van der Waals surface area contributed by atoms with E-state index in [4.69, 9.17) is 17.3 Å². The molecule has 4 nitrogen and oxygen atoms in total. The molecular formula is C23H21ClN2O2. The molecule has 0 fully saturated rings. The number of benzene rings is 3. The van der Waals surface area contributed by atoms with Crippen molar-refractivity contribution < 1.29 is 9.59 Å². The molecule has 3 aromatic rings. The van der Waals surface area contributed by atoms with Crippen LogP contribution in [0.5, 0.6) is 0 Å². The first-order valence-corrected chi connectivity index (χ1v) is 9.34. The van der Waals surface area contributed by atoms with Crippen LogP contribution in [0.15, 0.2) is 84.9 Å². The number of nitrogens with zero attached hydrogens (tertiary/aromatic N) is 1. The summed E-state index contributed by atoms with van der Waals surface area (Å²) in [7, 11) is 0. The minimum atomic E-state index is -0.914. The number of halogens is 1. The summed E-state index contributed by atoms with van der Waals surface area (Å²) >= 11 is 6.15. The summed E-state index contributed by atoms with van der Waals surface area (Å²) in [5.74, 6) is -0.870. The Hall–Kier alpha value is -3.11. The van der Waals surface area contributed by atoms with Crippen LogP contribution in [0.1, 0.15) is 40.5 Å². The molecule has 2 N–H and O–H groups in total. The van der Waals surface area contributed by atoms with Crippen LogP contribution in [0.4, 0.5) is 0 Å². The van der Waals surface area contributed by atoms with Gasteiger partial charge in [-0.3, -0.25) is 9.59 Å². The number of nitrogens with two attached hydrogens (primary N) is 1. The maximum atomic E-state index is 13.4. The van der Waals surface area contributed by atoms with E-state index < -0.39 is 18.0 Å². The standard InChI is InChI=1S/C23H21ClN2O2/c1-16(19-13-8-14-20(24)15-19)26(23(28)18-11-6-3-7-12-18)21(22(25)27)17-9-4-2-5-10-17/h2-16,21H,1H3,(H2,25,27)/t16-,21+/m1/s1. The SMILES string of the molecule is C[C@H](c1cccc(Cl)c1)N(C(=O)c1ccccc1)[C@H](C(N)=O)c1ccccc1. The van der Waals surface area contributed by atoms with Crippen LogP contribution >= 0.6 is 11.6 Å². The second-order valence-corrected chi connectivity index (χ2v) is 6.96. The average molecular weight is 393 g/mol. The topological polar surface area (TPSA) is 63.4 Å². The number of carbonyl (C=O) groups is 2. The predicted molar refractivity (Wildman–Crippen MR) is 111 cm³/mol. The highest BCUT2D eigenvalue weighted by Crippen LogP contribution is 2.33. The molecule has 0 heterocycles. The Morgan fingerprint density at radius 3 is 2.00 bits per heavy atom. The predicted octanol–water partition coefficient (Wildman–Crippen LogP) is 4.77. The molecule has 0 aliphatic rings. The van der Waals surface area contributed by atoms with E-state index in [2.05, 4.69) is 0 Å². The smallest absolute Gasteiger partial charge is 0.255 e. The van der Waals surface area contributed by atoms with E-state index in [9.17, 15) is 9.59 Å². The fraction of sp³-hybridized carbons (Fsp3) is 0.130. The van der Waals surface area contributed by atoms with Crippen molar-refractivity contribution in [1.29, 1.82) is 0 Å². The van der Waals surface area contributed by atoms with Gasteiger partial charge in [-0.25, -0.2) is 0 Å². The van der Waals surface area contributed by atoms with E-state index >= 15 is 0 Å². The largest absolute Gasteiger partial charge is 0.368 e. The molecule has 0 bridgehead atoms. The number of amides is 2. The van der Waals surface area contributed by atoms with Gasteiger partial charge in [-0.05, 0) is 42.3 Å². The Labute approximate surface area is 169 Å². The summed E-state index contributed by atoms with van der Waals surface area (Å²) in [5, 5.41) is 0.562. The number of primary amides is 1. The Balaban J connectivity index is 2.12. The molecule has 0 saturated carbocycles. The lowest BCUT2D eigenvalue weighted by Gasteiger charge is -2.35. The first kappa shape index (κ1) is 19.6. The van der Waals surface area contributed by atoms with Gasteiger partial charge >= 0.3 is 0 Å². The van der Waals surface area contributed by atoms with Crippen LogP contribution in [0.3, 0.4) is 0 Å². The summed E-state index contributed by atoms with van der Waals surface area (Å²) in [6.45, 7) is 1.87. The van der Waals surface area contributed by atoms with Crippen molar-refractivity contribution in [3.63, 3.8) is 0 Å². The van der Waals surface area contributed by atoms with Gasteiger partial charge < -0.3 is 10.6 Å². The number of rotatable bonds is 6.